The zero-order valence-electron chi connectivity index (χ0n) is 12.7. The molecule has 0 aliphatic carbocycles. The van der Waals surface area contributed by atoms with Gasteiger partial charge >= 0.3 is 0 Å². The number of hydrogen-bond donors (Lipinski definition) is 1. The highest BCUT2D eigenvalue weighted by Crippen LogP contribution is 2.15. The van der Waals surface area contributed by atoms with Gasteiger partial charge in [-0.1, -0.05) is 15.9 Å². The minimum atomic E-state index is -0.424. The number of carbonyl (C=O) groups excluding carboxylic acids is 1. The molecule has 2 rings (SSSR count). The Labute approximate surface area is 142 Å². The van der Waals surface area contributed by atoms with Gasteiger partial charge in [0.05, 0.1) is 12.3 Å². The van der Waals surface area contributed by atoms with Gasteiger partial charge in [-0.2, -0.15) is 5.10 Å². The smallest absolute Gasteiger partial charge is 0.271 e. The van der Waals surface area contributed by atoms with Gasteiger partial charge in [0.15, 0.2) is 0 Å². The van der Waals surface area contributed by atoms with Gasteiger partial charge in [-0.05, 0) is 56.3 Å². The number of hydrogen-bond acceptors (Lipinski definition) is 3. The third-order valence-electron chi connectivity index (χ3n) is 2.82. The van der Waals surface area contributed by atoms with Crippen LogP contribution < -0.4 is 10.2 Å². The third-order valence-corrected chi connectivity index (χ3v) is 3.31. The molecule has 23 heavy (non-hydrogen) atoms. The van der Waals surface area contributed by atoms with Gasteiger partial charge in [0, 0.05) is 15.6 Å². The molecule has 0 aliphatic rings. The molecular formula is C17H16BrFN2O2. The lowest BCUT2D eigenvalue weighted by Crippen LogP contribution is -2.17. The van der Waals surface area contributed by atoms with E-state index in [2.05, 4.69) is 26.5 Å². The molecule has 6 heteroatoms. The van der Waals surface area contributed by atoms with Crippen molar-refractivity contribution in [3.63, 3.8) is 0 Å². The first-order chi connectivity index (χ1) is 11.0. The van der Waals surface area contributed by atoms with E-state index in [0.29, 0.717) is 15.8 Å². The van der Waals surface area contributed by atoms with E-state index in [9.17, 15) is 9.18 Å². The van der Waals surface area contributed by atoms with Crippen molar-refractivity contribution in [1.82, 2.24) is 5.43 Å². The van der Waals surface area contributed by atoms with Crippen molar-refractivity contribution in [2.75, 3.05) is 0 Å². The van der Waals surface area contributed by atoms with Crippen LogP contribution in [0.25, 0.3) is 0 Å². The summed E-state index contributed by atoms with van der Waals surface area (Å²) in [6.45, 7) is 3.85. The van der Waals surface area contributed by atoms with Crippen LogP contribution in [0.1, 0.15) is 29.8 Å². The fourth-order valence-corrected chi connectivity index (χ4v) is 2.12. The predicted molar refractivity (Wildman–Crippen MR) is 91.4 cm³/mol. The molecule has 0 aliphatic heterocycles. The number of rotatable bonds is 5. The molecular weight excluding hydrogens is 363 g/mol. The Kier molecular flexibility index (Phi) is 5.87. The fourth-order valence-electron chi connectivity index (χ4n) is 1.79. The molecule has 4 nitrogen and oxygen atoms in total. The first kappa shape index (κ1) is 17.1. The van der Waals surface area contributed by atoms with Crippen LogP contribution in [0, 0.1) is 5.82 Å². The Balaban J connectivity index is 1.97. The van der Waals surface area contributed by atoms with Crippen LogP contribution in [0.5, 0.6) is 5.75 Å². The summed E-state index contributed by atoms with van der Waals surface area (Å²) in [7, 11) is 0. The van der Waals surface area contributed by atoms with Crippen LogP contribution in [0.4, 0.5) is 4.39 Å². The average Bonchev–Trinajstić information content (AvgIpc) is 2.49. The van der Waals surface area contributed by atoms with Gasteiger partial charge in [0.2, 0.25) is 0 Å². The quantitative estimate of drug-likeness (QED) is 0.627. The minimum Gasteiger partial charge on any atom is -0.491 e. The number of carbonyl (C=O) groups is 1. The van der Waals surface area contributed by atoms with Crippen molar-refractivity contribution in [2.45, 2.75) is 20.0 Å². The molecule has 0 saturated carbocycles. The predicted octanol–water partition coefficient (Wildman–Crippen LogP) is 4.14. The molecule has 0 bridgehead atoms. The van der Waals surface area contributed by atoms with Crippen molar-refractivity contribution in [1.29, 1.82) is 0 Å². The molecule has 0 radical (unpaired) electrons. The van der Waals surface area contributed by atoms with Crippen LogP contribution >= 0.6 is 15.9 Å². The van der Waals surface area contributed by atoms with Crippen LogP contribution in [-0.2, 0) is 0 Å². The largest absolute Gasteiger partial charge is 0.491 e. The van der Waals surface area contributed by atoms with Crippen LogP contribution in [0.15, 0.2) is 52.0 Å². The van der Waals surface area contributed by atoms with Gasteiger partial charge in [0.25, 0.3) is 5.91 Å². The number of benzene rings is 2. The first-order valence-electron chi connectivity index (χ1n) is 7.01. The number of amides is 1. The summed E-state index contributed by atoms with van der Waals surface area (Å²) in [5.41, 5.74) is 3.09. The number of nitrogens with one attached hydrogen (secondary N) is 1. The Morgan fingerprint density at radius 1 is 1.26 bits per heavy atom. The zero-order chi connectivity index (χ0) is 16.8. The number of ether oxygens (including phenoxy) is 1. The highest BCUT2D eigenvalue weighted by Gasteiger charge is 2.05. The van der Waals surface area contributed by atoms with E-state index >= 15 is 0 Å². The second-order valence-electron chi connectivity index (χ2n) is 5.06. The SMILES string of the molecule is CC(C)Oc1ccc(C(=O)N/N=C\c2ccc(Br)cc2F)cc1. The second-order valence-corrected chi connectivity index (χ2v) is 5.97. The van der Waals surface area contributed by atoms with Gasteiger partial charge in [-0.3, -0.25) is 4.79 Å². The lowest BCUT2D eigenvalue weighted by molar-refractivity contribution is 0.0955. The summed E-state index contributed by atoms with van der Waals surface area (Å²) in [5.74, 6) is -0.112. The Morgan fingerprint density at radius 3 is 2.57 bits per heavy atom. The van der Waals surface area contributed by atoms with E-state index in [1.807, 2.05) is 13.8 Å². The molecule has 0 aromatic heterocycles. The summed E-state index contributed by atoms with van der Waals surface area (Å²) in [5, 5.41) is 3.77. The van der Waals surface area contributed by atoms with Gasteiger partial charge in [-0.15, -0.1) is 0 Å². The van der Waals surface area contributed by atoms with E-state index in [1.54, 1.807) is 36.4 Å². The topological polar surface area (TPSA) is 50.7 Å². The van der Waals surface area contributed by atoms with Crippen LogP contribution in [-0.4, -0.2) is 18.2 Å². The summed E-state index contributed by atoms with van der Waals surface area (Å²) in [6.07, 6.45) is 1.33. The summed E-state index contributed by atoms with van der Waals surface area (Å²) >= 11 is 3.17. The summed E-state index contributed by atoms with van der Waals surface area (Å²) in [4.78, 5) is 11.9. The number of hydrazone groups is 1. The molecule has 1 amide bonds. The van der Waals surface area contributed by atoms with E-state index in [1.165, 1.54) is 12.3 Å². The number of halogens is 2. The van der Waals surface area contributed by atoms with Crippen molar-refractivity contribution in [3.05, 3.63) is 63.9 Å². The molecule has 0 fully saturated rings. The molecule has 0 unspecified atom stereocenters. The number of nitrogens with zero attached hydrogens (tertiary/aromatic N) is 1. The third kappa shape index (κ3) is 5.17. The lowest BCUT2D eigenvalue weighted by atomic mass is 10.2. The van der Waals surface area contributed by atoms with E-state index in [0.717, 1.165) is 0 Å². The molecule has 1 N–H and O–H groups in total. The van der Waals surface area contributed by atoms with E-state index < -0.39 is 5.82 Å². The van der Waals surface area contributed by atoms with Crippen LogP contribution in [0.2, 0.25) is 0 Å². The molecule has 0 spiro atoms. The molecule has 120 valence electrons. The molecule has 0 atom stereocenters. The highest BCUT2D eigenvalue weighted by atomic mass is 79.9. The standard InChI is InChI=1S/C17H16BrFN2O2/c1-11(2)23-15-7-4-12(5-8-15)17(22)21-20-10-13-3-6-14(18)9-16(13)19/h3-11H,1-2H3,(H,21,22)/b20-10-. The summed E-state index contributed by atoms with van der Waals surface area (Å²) < 4.78 is 19.7. The van der Waals surface area contributed by atoms with Gasteiger partial charge in [0.1, 0.15) is 11.6 Å². The summed E-state index contributed by atoms with van der Waals surface area (Å²) in [6, 6.07) is 11.3. The van der Waals surface area contributed by atoms with Gasteiger partial charge in [-0.25, -0.2) is 9.82 Å². The van der Waals surface area contributed by atoms with Crippen molar-refractivity contribution < 1.29 is 13.9 Å². The van der Waals surface area contributed by atoms with Gasteiger partial charge < -0.3 is 4.74 Å². The molecule has 0 saturated heterocycles. The van der Waals surface area contributed by atoms with E-state index in [4.69, 9.17) is 4.74 Å². The fraction of sp³-hybridized carbons (Fsp3) is 0.176. The molecule has 2 aromatic carbocycles. The normalized spacial score (nSPS) is 11.0. The lowest BCUT2D eigenvalue weighted by Gasteiger charge is -2.09. The van der Waals surface area contributed by atoms with Crippen molar-refractivity contribution >= 4 is 28.1 Å². The Morgan fingerprint density at radius 2 is 1.96 bits per heavy atom. The maximum absolute atomic E-state index is 13.6. The maximum Gasteiger partial charge on any atom is 0.271 e. The molecule has 0 heterocycles. The minimum absolute atomic E-state index is 0.0695. The Bertz CT molecular complexity index is 715. The monoisotopic (exact) mass is 378 g/mol. The van der Waals surface area contributed by atoms with E-state index in [-0.39, 0.29) is 17.6 Å². The zero-order valence-corrected chi connectivity index (χ0v) is 14.3. The van der Waals surface area contributed by atoms with Crippen molar-refractivity contribution in [2.24, 2.45) is 5.10 Å². The van der Waals surface area contributed by atoms with Crippen molar-refractivity contribution in [3.8, 4) is 5.75 Å². The maximum atomic E-state index is 13.6. The highest BCUT2D eigenvalue weighted by molar-refractivity contribution is 9.10. The Hall–Kier alpha value is -2.21. The average molecular weight is 379 g/mol. The van der Waals surface area contributed by atoms with Crippen LogP contribution in [0.3, 0.4) is 0 Å². The second kappa shape index (κ2) is 7.87. The first-order valence-corrected chi connectivity index (χ1v) is 7.80. The molecule has 2 aromatic rings.